The summed E-state index contributed by atoms with van der Waals surface area (Å²) >= 11 is 1.45. The van der Waals surface area contributed by atoms with Gasteiger partial charge in [0.15, 0.2) is 0 Å². The van der Waals surface area contributed by atoms with Crippen molar-refractivity contribution in [2.24, 2.45) is 0 Å². The van der Waals surface area contributed by atoms with Crippen LogP contribution in [0.2, 0.25) is 0 Å². The molecule has 19 heavy (non-hydrogen) atoms. The van der Waals surface area contributed by atoms with Crippen molar-refractivity contribution in [1.82, 2.24) is 0 Å². The minimum Gasteiger partial charge on any atom is -0.481 e. The number of rotatable bonds is 3. The Labute approximate surface area is 115 Å². The number of aliphatic carboxylic acids is 1. The fourth-order valence-electron chi connectivity index (χ4n) is 2.68. The lowest BCUT2D eigenvalue weighted by Crippen LogP contribution is -2.43. The Bertz CT molecular complexity index is 478. The highest BCUT2D eigenvalue weighted by atomic mass is 32.2. The second kappa shape index (κ2) is 5.12. The van der Waals surface area contributed by atoms with Crippen molar-refractivity contribution < 1.29 is 18.7 Å². The SMILES string of the molecule is CSc1ccccc1C1(C(=O)O)CCC(F)(F)CC1. The summed E-state index contributed by atoms with van der Waals surface area (Å²) in [5, 5.41) is 9.58. The summed E-state index contributed by atoms with van der Waals surface area (Å²) < 4.78 is 26.6. The highest BCUT2D eigenvalue weighted by molar-refractivity contribution is 7.98. The van der Waals surface area contributed by atoms with Crippen LogP contribution in [0.1, 0.15) is 31.2 Å². The molecule has 1 aromatic rings. The van der Waals surface area contributed by atoms with Gasteiger partial charge >= 0.3 is 5.97 Å². The van der Waals surface area contributed by atoms with Gasteiger partial charge in [-0.25, -0.2) is 8.78 Å². The lowest BCUT2D eigenvalue weighted by Gasteiger charge is -2.38. The number of carboxylic acid groups (broad SMARTS) is 1. The van der Waals surface area contributed by atoms with Crippen molar-refractivity contribution in [2.45, 2.75) is 41.9 Å². The summed E-state index contributed by atoms with van der Waals surface area (Å²) in [4.78, 5) is 12.6. The van der Waals surface area contributed by atoms with Crippen molar-refractivity contribution in [3.63, 3.8) is 0 Å². The quantitative estimate of drug-likeness (QED) is 0.855. The number of carboxylic acids is 1. The number of thioether (sulfide) groups is 1. The zero-order valence-electron chi connectivity index (χ0n) is 10.7. The number of carbonyl (C=O) groups is 1. The molecule has 1 saturated carbocycles. The minimum atomic E-state index is -2.73. The van der Waals surface area contributed by atoms with Crippen molar-refractivity contribution in [3.8, 4) is 0 Å². The van der Waals surface area contributed by atoms with Gasteiger partial charge in [-0.05, 0) is 30.7 Å². The summed E-state index contributed by atoms with van der Waals surface area (Å²) in [6.07, 6.45) is 1.13. The van der Waals surface area contributed by atoms with E-state index in [2.05, 4.69) is 0 Å². The summed E-state index contributed by atoms with van der Waals surface area (Å²) in [6, 6.07) is 7.20. The highest BCUT2D eigenvalue weighted by Crippen LogP contribution is 2.47. The summed E-state index contributed by atoms with van der Waals surface area (Å²) in [5.41, 5.74) is -0.494. The van der Waals surface area contributed by atoms with Crippen molar-refractivity contribution >= 4 is 17.7 Å². The Hall–Kier alpha value is -1.10. The number of benzene rings is 1. The maximum atomic E-state index is 13.3. The first kappa shape index (κ1) is 14.3. The van der Waals surface area contributed by atoms with E-state index >= 15 is 0 Å². The second-order valence-corrected chi connectivity index (χ2v) is 5.79. The van der Waals surface area contributed by atoms with Gasteiger partial charge in [0, 0.05) is 17.7 Å². The van der Waals surface area contributed by atoms with E-state index in [-0.39, 0.29) is 25.7 Å². The van der Waals surface area contributed by atoms with Crippen LogP contribution in [0.15, 0.2) is 29.2 Å². The van der Waals surface area contributed by atoms with Gasteiger partial charge in [0.05, 0.1) is 5.41 Å². The summed E-state index contributed by atoms with van der Waals surface area (Å²) in [6.45, 7) is 0. The van der Waals surface area contributed by atoms with Gasteiger partial charge in [-0.2, -0.15) is 0 Å². The predicted octanol–water partition coefficient (Wildman–Crippen LogP) is 3.94. The highest BCUT2D eigenvalue weighted by Gasteiger charge is 2.49. The molecule has 0 heterocycles. The molecule has 0 amide bonds. The van der Waals surface area contributed by atoms with Crippen LogP contribution in [0.4, 0.5) is 8.78 Å². The molecule has 0 unspecified atom stereocenters. The Kier molecular flexibility index (Phi) is 3.85. The predicted molar refractivity (Wildman–Crippen MR) is 71.0 cm³/mol. The standard InChI is InChI=1S/C14H16F2O2S/c1-19-11-5-3-2-4-10(11)13(12(17)18)6-8-14(15,16)9-7-13/h2-5H,6-9H2,1H3,(H,17,18). The molecule has 0 atom stereocenters. The first-order chi connectivity index (χ1) is 8.91. The molecule has 1 aliphatic carbocycles. The van der Waals surface area contributed by atoms with Crippen LogP contribution in [0.3, 0.4) is 0 Å². The van der Waals surface area contributed by atoms with Gasteiger partial charge in [0.1, 0.15) is 0 Å². The van der Waals surface area contributed by atoms with Crippen LogP contribution >= 0.6 is 11.8 Å². The molecule has 1 N–H and O–H groups in total. The monoisotopic (exact) mass is 286 g/mol. The smallest absolute Gasteiger partial charge is 0.314 e. The van der Waals surface area contributed by atoms with Crippen molar-refractivity contribution in [2.75, 3.05) is 6.26 Å². The van der Waals surface area contributed by atoms with Crippen LogP contribution in [0.25, 0.3) is 0 Å². The van der Waals surface area contributed by atoms with E-state index in [0.29, 0.717) is 5.56 Å². The third-order valence-electron chi connectivity index (χ3n) is 3.87. The zero-order valence-corrected chi connectivity index (χ0v) is 11.5. The van der Waals surface area contributed by atoms with E-state index in [1.807, 2.05) is 18.4 Å². The van der Waals surface area contributed by atoms with E-state index in [4.69, 9.17) is 0 Å². The average molecular weight is 286 g/mol. The topological polar surface area (TPSA) is 37.3 Å². The maximum absolute atomic E-state index is 13.3. The Morgan fingerprint density at radius 2 is 1.79 bits per heavy atom. The van der Waals surface area contributed by atoms with Gasteiger partial charge in [-0.3, -0.25) is 4.79 Å². The number of hydrogen-bond donors (Lipinski definition) is 1. The van der Waals surface area contributed by atoms with E-state index in [0.717, 1.165) is 4.90 Å². The Morgan fingerprint density at radius 1 is 1.21 bits per heavy atom. The number of hydrogen-bond acceptors (Lipinski definition) is 2. The lowest BCUT2D eigenvalue weighted by molar-refractivity contribution is -0.149. The molecule has 0 spiro atoms. The largest absolute Gasteiger partial charge is 0.481 e. The van der Waals surface area contributed by atoms with Crippen molar-refractivity contribution in [1.29, 1.82) is 0 Å². The van der Waals surface area contributed by atoms with Crippen LogP contribution in [0, 0.1) is 0 Å². The van der Waals surface area contributed by atoms with Crippen LogP contribution < -0.4 is 0 Å². The van der Waals surface area contributed by atoms with Gasteiger partial charge in [-0.1, -0.05) is 18.2 Å². The maximum Gasteiger partial charge on any atom is 0.314 e. The first-order valence-electron chi connectivity index (χ1n) is 6.16. The third-order valence-corrected chi connectivity index (χ3v) is 4.66. The molecule has 1 aliphatic rings. The minimum absolute atomic E-state index is 0.00704. The molecule has 0 radical (unpaired) electrons. The molecule has 1 fully saturated rings. The fraction of sp³-hybridized carbons (Fsp3) is 0.500. The first-order valence-corrected chi connectivity index (χ1v) is 7.38. The molecule has 2 rings (SSSR count). The molecule has 104 valence electrons. The third kappa shape index (κ3) is 2.61. The van der Waals surface area contributed by atoms with Crippen molar-refractivity contribution in [3.05, 3.63) is 29.8 Å². The normalized spacial score (nSPS) is 21.0. The fourth-order valence-corrected chi connectivity index (χ4v) is 3.38. The molecule has 0 saturated heterocycles. The van der Waals surface area contributed by atoms with E-state index in [9.17, 15) is 18.7 Å². The summed E-state index contributed by atoms with van der Waals surface area (Å²) in [5.74, 6) is -3.72. The Balaban J connectivity index is 2.44. The molecule has 0 aliphatic heterocycles. The Morgan fingerprint density at radius 3 is 2.32 bits per heavy atom. The zero-order chi connectivity index (χ0) is 14.1. The lowest BCUT2D eigenvalue weighted by atomic mass is 9.68. The molecule has 0 bridgehead atoms. The van der Waals surface area contributed by atoms with E-state index < -0.39 is 17.3 Å². The van der Waals surface area contributed by atoms with E-state index in [1.165, 1.54) is 11.8 Å². The summed E-state index contributed by atoms with van der Waals surface area (Å²) in [7, 11) is 0. The van der Waals surface area contributed by atoms with E-state index in [1.54, 1.807) is 12.1 Å². The molecule has 0 aromatic heterocycles. The van der Waals surface area contributed by atoms with Gasteiger partial charge < -0.3 is 5.11 Å². The van der Waals surface area contributed by atoms with Gasteiger partial charge in [0.25, 0.3) is 0 Å². The second-order valence-electron chi connectivity index (χ2n) is 4.94. The van der Waals surface area contributed by atoms with Gasteiger partial charge in [-0.15, -0.1) is 11.8 Å². The number of halogens is 2. The van der Waals surface area contributed by atoms with Crippen LogP contribution in [0.5, 0.6) is 0 Å². The average Bonchev–Trinajstić information content (AvgIpc) is 2.39. The van der Waals surface area contributed by atoms with Gasteiger partial charge in [0.2, 0.25) is 5.92 Å². The number of alkyl halides is 2. The molecule has 2 nitrogen and oxygen atoms in total. The molecule has 5 heteroatoms. The molecular formula is C14H16F2O2S. The van der Waals surface area contributed by atoms with Crippen LogP contribution in [-0.2, 0) is 10.2 Å². The molecular weight excluding hydrogens is 270 g/mol. The molecule has 1 aromatic carbocycles. The van der Waals surface area contributed by atoms with Crippen LogP contribution in [-0.4, -0.2) is 23.3 Å².